The van der Waals surface area contributed by atoms with Crippen molar-refractivity contribution in [2.45, 2.75) is 18.9 Å². The molecule has 1 atom stereocenters. The number of nitrogens with one attached hydrogen (secondary N) is 1. The maximum absolute atomic E-state index is 5.42. The van der Waals surface area contributed by atoms with Crippen LogP contribution < -0.4 is 10.1 Å². The second-order valence-electron chi connectivity index (χ2n) is 4.28. The number of halogens is 1. The van der Waals surface area contributed by atoms with Crippen LogP contribution in [0.2, 0.25) is 0 Å². The molecule has 0 amide bonds. The molecule has 2 rings (SSSR count). The minimum absolute atomic E-state index is 0.201. The molecule has 1 N–H and O–H groups in total. The third kappa shape index (κ3) is 2.87. The summed E-state index contributed by atoms with van der Waals surface area (Å²) in [4.78, 5) is 0. The van der Waals surface area contributed by atoms with Crippen LogP contribution in [0.3, 0.4) is 0 Å². The summed E-state index contributed by atoms with van der Waals surface area (Å²) in [7, 11) is 3.64. The summed E-state index contributed by atoms with van der Waals surface area (Å²) in [5.41, 5.74) is 2.50. The third-order valence-electron chi connectivity index (χ3n) is 3.13. The lowest BCUT2D eigenvalue weighted by molar-refractivity contribution is 0.220. The van der Waals surface area contributed by atoms with Crippen LogP contribution in [0.1, 0.15) is 24.4 Å². The van der Waals surface area contributed by atoms with Crippen LogP contribution in [0.4, 0.5) is 0 Å². The fraction of sp³-hybridized carbons (Fsp3) is 0.429. The van der Waals surface area contributed by atoms with Crippen molar-refractivity contribution in [1.82, 2.24) is 5.32 Å². The molecule has 1 heterocycles. The van der Waals surface area contributed by atoms with E-state index in [4.69, 9.17) is 9.47 Å². The van der Waals surface area contributed by atoms with E-state index in [2.05, 4.69) is 33.4 Å². The number of hydrogen-bond acceptors (Lipinski definition) is 3. The van der Waals surface area contributed by atoms with Crippen molar-refractivity contribution < 1.29 is 9.47 Å². The Labute approximate surface area is 116 Å². The summed E-state index contributed by atoms with van der Waals surface area (Å²) in [6.07, 6.45) is 4.05. The normalized spacial score (nSPS) is 16.7. The molecule has 0 saturated heterocycles. The highest BCUT2D eigenvalue weighted by Gasteiger charge is 2.18. The summed E-state index contributed by atoms with van der Waals surface area (Å²) < 4.78 is 11.6. The Balaban J connectivity index is 2.27. The van der Waals surface area contributed by atoms with Gasteiger partial charge in [0, 0.05) is 0 Å². The van der Waals surface area contributed by atoms with E-state index < -0.39 is 0 Å². The lowest BCUT2D eigenvalue weighted by atomic mass is 9.95. The second kappa shape index (κ2) is 6.25. The molecule has 18 heavy (non-hydrogen) atoms. The van der Waals surface area contributed by atoms with Gasteiger partial charge in [-0.3, -0.25) is 0 Å². The van der Waals surface area contributed by atoms with E-state index >= 15 is 0 Å². The van der Waals surface area contributed by atoms with Crippen molar-refractivity contribution in [3.05, 3.63) is 40.1 Å². The molecule has 0 aromatic heterocycles. The summed E-state index contributed by atoms with van der Waals surface area (Å²) in [5, 5.41) is 3.34. The molecule has 4 heteroatoms. The topological polar surface area (TPSA) is 30.5 Å². The van der Waals surface area contributed by atoms with E-state index in [0.717, 1.165) is 29.7 Å². The molecular weight excluding hydrogens is 294 g/mol. The number of ether oxygens (including phenoxy) is 2. The van der Waals surface area contributed by atoms with Crippen molar-refractivity contribution in [3.63, 3.8) is 0 Å². The summed E-state index contributed by atoms with van der Waals surface area (Å²) >= 11 is 3.53. The molecule has 0 radical (unpaired) electrons. The number of likely N-dealkylation sites (N-methyl/N-ethyl adjacent to an activating group) is 1. The lowest BCUT2D eigenvalue weighted by Gasteiger charge is -2.23. The van der Waals surface area contributed by atoms with Crippen LogP contribution in [0, 0.1) is 0 Å². The van der Waals surface area contributed by atoms with Crippen molar-refractivity contribution in [2.24, 2.45) is 0 Å². The first-order valence-electron chi connectivity index (χ1n) is 6.07. The molecule has 1 aliphatic heterocycles. The van der Waals surface area contributed by atoms with Crippen molar-refractivity contribution in [3.8, 4) is 5.75 Å². The van der Waals surface area contributed by atoms with Crippen molar-refractivity contribution >= 4 is 15.9 Å². The van der Waals surface area contributed by atoms with Gasteiger partial charge < -0.3 is 14.8 Å². The van der Waals surface area contributed by atoms with Gasteiger partial charge in [-0.25, -0.2) is 0 Å². The van der Waals surface area contributed by atoms with Gasteiger partial charge in [-0.05, 0) is 59.1 Å². The minimum Gasteiger partial charge on any atom is -0.501 e. The molecule has 1 aromatic carbocycles. The zero-order chi connectivity index (χ0) is 13.0. The highest BCUT2D eigenvalue weighted by Crippen LogP contribution is 2.32. The Morgan fingerprint density at radius 1 is 1.44 bits per heavy atom. The average molecular weight is 312 g/mol. The van der Waals surface area contributed by atoms with E-state index in [1.165, 1.54) is 11.1 Å². The van der Waals surface area contributed by atoms with Gasteiger partial charge in [-0.1, -0.05) is 6.07 Å². The zero-order valence-electron chi connectivity index (χ0n) is 10.7. The molecule has 0 bridgehead atoms. The molecule has 3 nitrogen and oxygen atoms in total. The average Bonchev–Trinajstić information content (AvgIpc) is 2.41. The SMILES string of the molecule is CNC(C1=COCCC1)c1ccc(OC)c(Br)c1. The zero-order valence-corrected chi connectivity index (χ0v) is 12.3. The molecule has 0 spiro atoms. The molecular formula is C14H18BrNO2. The Morgan fingerprint density at radius 2 is 2.28 bits per heavy atom. The fourth-order valence-electron chi connectivity index (χ4n) is 2.23. The van der Waals surface area contributed by atoms with Crippen molar-refractivity contribution in [2.75, 3.05) is 20.8 Å². The van der Waals surface area contributed by atoms with E-state index in [1.54, 1.807) is 7.11 Å². The van der Waals surface area contributed by atoms with Crippen molar-refractivity contribution in [1.29, 1.82) is 0 Å². The monoisotopic (exact) mass is 311 g/mol. The predicted molar refractivity (Wildman–Crippen MR) is 75.8 cm³/mol. The summed E-state index contributed by atoms with van der Waals surface area (Å²) in [6.45, 7) is 0.826. The quantitative estimate of drug-likeness (QED) is 0.924. The van der Waals surface area contributed by atoms with Gasteiger partial charge in [0.2, 0.25) is 0 Å². The van der Waals surface area contributed by atoms with E-state index in [9.17, 15) is 0 Å². The fourth-order valence-corrected chi connectivity index (χ4v) is 2.78. The Bertz CT molecular complexity index is 445. The van der Waals surface area contributed by atoms with Crippen LogP contribution in [0.25, 0.3) is 0 Å². The van der Waals surface area contributed by atoms with E-state index in [1.807, 2.05) is 19.4 Å². The maximum Gasteiger partial charge on any atom is 0.133 e. The highest BCUT2D eigenvalue weighted by molar-refractivity contribution is 9.10. The Morgan fingerprint density at radius 3 is 2.83 bits per heavy atom. The first-order valence-corrected chi connectivity index (χ1v) is 6.87. The molecule has 0 aliphatic carbocycles. The van der Waals surface area contributed by atoms with Gasteiger partial charge in [-0.15, -0.1) is 0 Å². The maximum atomic E-state index is 5.42. The first-order chi connectivity index (χ1) is 8.76. The van der Waals surface area contributed by atoms with Crippen LogP contribution in [0.15, 0.2) is 34.5 Å². The van der Waals surface area contributed by atoms with Gasteiger partial charge in [0.05, 0.1) is 30.5 Å². The number of rotatable bonds is 4. The van der Waals surface area contributed by atoms with Crippen LogP contribution >= 0.6 is 15.9 Å². The number of hydrogen-bond donors (Lipinski definition) is 1. The van der Waals surface area contributed by atoms with Crippen LogP contribution in [-0.4, -0.2) is 20.8 Å². The van der Waals surface area contributed by atoms with E-state index in [-0.39, 0.29) is 6.04 Å². The lowest BCUT2D eigenvalue weighted by Crippen LogP contribution is -2.20. The Hall–Kier alpha value is -1.00. The summed E-state index contributed by atoms with van der Waals surface area (Å²) in [6, 6.07) is 6.36. The molecule has 1 aliphatic rings. The van der Waals surface area contributed by atoms with E-state index in [0.29, 0.717) is 0 Å². The van der Waals surface area contributed by atoms with Crippen LogP contribution in [-0.2, 0) is 4.74 Å². The van der Waals surface area contributed by atoms with Gasteiger partial charge in [-0.2, -0.15) is 0 Å². The summed E-state index contributed by atoms with van der Waals surface area (Å²) in [5.74, 6) is 0.850. The van der Waals surface area contributed by atoms with Gasteiger partial charge in [0.25, 0.3) is 0 Å². The molecule has 0 fully saturated rings. The number of benzene rings is 1. The largest absolute Gasteiger partial charge is 0.501 e. The number of methoxy groups -OCH3 is 1. The molecule has 98 valence electrons. The predicted octanol–water partition coefficient (Wildman–Crippen LogP) is 3.41. The minimum atomic E-state index is 0.201. The molecule has 1 unspecified atom stereocenters. The smallest absolute Gasteiger partial charge is 0.133 e. The molecule has 1 aromatic rings. The second-order valence-corrected chi connectivity index (χ2v) is 5.14. The van der Waals surface area contributed by atoms with Crippen LogP contribution in [0.5, 0.6) is 5.75 Å². The highest BCUT2D eigenvalue weighted by atomic mass is 79.9. The Kier molecular flexibility index (Phi) is 4.66. The van der Waals surface area contributed by atoms with Gasteiger partial charge in [0.15, 0.2) is 0 Å². The first kappa shape index (κ1) is 13.4. The standard InChI is InChI=1S/C14H18BrNO2/c1-16-14(11-4-3-7-18-9-11)10-5-6-13(17-2)12(15)8-10/h5-6,8-9,14,16H,3-4,7H2,1-2H3. The van der Waals surface area contributed by atoms with Gasteiger partial charge >= 0.3 is 0 Å². The van der Waals surface area contributed by atoms with Gasteiger partial charge in [0.1, 0.15) is 5.75 Å². The molecule has 0 saturated carbocycles. The third-order valence-corrected chi connectivity index (χ3v) is 3.75.